The Bertz CT molecular complexity index is 1050. The van der Waals surface area contributed by atoms with Gasteiger partial charge in [0.15, 0.2) is 23.1 Å². The number of amides is 2. The second kappa shape index (κ2) is 8.58. The Labute approximate surface area is 183 Å². The lowest BCUT2D eigenvalue weighted by Gasteiger charge is -2.43. The number of pyridine rings is 1. The highest BCUT2D eigenvalue weighted by molar-refractivity contribution is 6.10. The largest absolute Gasteiger partial charge is 0.493 e. The van der Waals surface area contributed by atoms with Crippen LogP contribution in [0.5, 0.6) is 11.5 Å². The average Bonchev–Trinajstić information content (AvgIpc) is 2.80. The number of nitrogens with one attached hydrogen (secondary N) is 1. The molecular weight excluding hydrogens is 424 g/mol. The lowest BCUT2D eigenvalue weighted by molar-refractivity contribution is 0.0807. The maximum absolute atomic E-state index is 15.2. The number of nitrogen functional groups attached to an aromatic ring is 1. The molecule has 0 unspecified atom stereocenters. The van der Waals surface area contributed by atoms with E-state index in [9.17, 15) is 4.79 Å². The van der Waals surface area contributed by atoms with E-state index in [2.05, 4.69) is 4.98 Å². The van der Waals surface area contributed by atoms with Crippen molar-refractivity contribution in [2.24, 2.45) is 0 Å². The van der Waals surface area contributed by atoms with Crippen molar-refractivity contribution < 1.29 is 27.8 Å². The fraction of sp³-hybridized carbons (Fsp3) is 0.381. The van der Waals surface area contributed by atoms with Crippen molar-refractivity contribution in [2.45, 2.75) is 25.4 Å². The minimum Gasteiger partial charge on any atom is -0.493 e. The molecule has 2 aliphatic heterocycles. The van der Waals surface area contributed by atoms with Crippen molar-refractivity contribution in [3.8, 4) is 11.5 Å². The molecule has 170 valence electrons. The van der Waals surface area contributed by atoms with Crippen molar-refractivity contribution in [3.05, 3.63) is 35.0 Å². The van der Waals surface area contributed by atoms with Crippen molar-refractivity contribution in [1.29, 1.82) is 5.41 Å². The first-order valence-electron chi connectivity index (χ1n) is 9.99. The molecule has 9 nitrogen and oxygen atoms in total. The van der Waals surface area contributed by atoms with E-state index in [4.69, 9.17) is 25.4 Å². The number of carbonyl (C=O) groups excluding carboxylic acids is 1. The summed E-state index contributed by atoms with van der Waals surface area (Å²) in [5.74, 6) is -2.50. The van der Waals surface area contributed by atoms with E-state index < -0.39 is 29.4 Å². The van der Waals surface area contributed by atoms with Gasteiger partial charge in [0.1, 0.15) is 11.5 Å². The first-order valence-corrected chi connectivity index (χ1v) is 9.99. The topological polar surface area (TPSA) is 114 Å². The summed E-state index contributed by atoms with van der Waals surface area (Å²) in [6.07, 6.45) is 3.79. The van der Waals surface area contributed by atoms with Gasteiger partial charge in [0.25, 0.3) is 0 Å². The Morgan fingerprint density at radius 3 is 2.50 bits per heavy atom. The zero-order chi connectivity index (χ0) is 23.0. The summed E-state index contributed by atoms with van der Waals surface area (Å²) in [5.41, 5.74) is 6.53. The van der Waals surface area contributed by atoms with Gasteiger partial charge in [-0.3, -0.25) is 9.80 Å². The molecule has 11 heteroatoms. The van der Waals surface area contributed by atoms with Gasteiger partial charge >= 0.3 is 6.03 Å². The number of ether oxygens (including phenoxy) is 3. The number of hydrogen-bond donors (Lipinski definition) is 2. The second-order valence-electron chi connectivity index (χ2n) is 7.44. The smallest absolute Gasteiger partial charge is 0.329 e. The van der Waals surface area contributed by atoms with E-state index in [-0.39, 0.29) is 36.0 Å². The lowest BCUT2D eigenvalue weighted by Crippen LogP contribution is -2.55. The van der Waals surface area contributed by atoms with Crippen LogP contribution in [0.25, 0.3) is 0 Å². The third-order valence-electron chi connectivity index (χ3n) is 5.67. The average molecular weight is 447 g/mol. The third kappa shape index (κ3) is 3.38. The molecule has 0 aliphatic carbocycles. The number of urea groups is 1. The van der Waals surface area contributed by atoms with E-state index in [1.165, 1.54) is 25.3 Å². The SMILES string of the molecule is COc1cc(OC)c(F)c(N2Cc3cnc(N)c(C=N)c3N([C@H]3CCCOC3)C2=O)c1F. The van der Waals surface area contributed by atoms with E-state index in [1.54, 1.807) is 0 Å². The van der Waals surface area contributed by atoms with Crippen LogP contribution < -0.4 is 25.0 Å². The highest BCUT2D eigenvalue weighted by atomic mass is 19.1. The lowest BCUT2D eigenvalue weighted by atomic mass is 10.0. The highest BCUT2D eigenvalue weighted by Gasteiger charge is 2.41. The van der Waals surface area contributed by atoms with Gasteiger partial charge in [-0.1, -0.05) is 0 Å². The van der Waals surface area contributed by atoms with Crippen LogP contribution in [0.3, 0.4) is 0 Å². The van der Waals surface area contributed by atoms with Gasteiger partial charge in [0, 0.05) is 30.6 Å². The van der Waals surface area contributed by atoms with Crippen LogP contribution in [-0.4, -0.2) is 50.7 Å². The van der Waals surface area contributed by atoms with Crippen molar-refractivity contribution >= 4 is 29.4 Å². The molecule has 3 heterocycles. The molecular formula is C21H23F2N5O4. The number of fused-ring (bicyclic) bond motifs is 1. The van der Waals surface area contributed by atoms with Gasteiger partial charge in [-0.05, 0) is 12.8 Å². The number of methoxy groups -OCH3 is 2. The molecule has 0 saturated carbocycles. The van der Waals surface area contributed by atoms with Gasteiger partial charge in [0.2, 0.25) is 0 Å². The number of aromatic nitrogens is 1. The van der Waals surface area contributed by atoms with Crippen LogP contribution in [0.1, 0.15) is 24.0 Å². The van der Waals surface area contributed by atoms with Crippen LogP contribution >= 0.6 is 0 Å². The predicted octanol–water partition coefficient (Wildman–Crippen LogP) is 3.08. The molecule has 0 spiro atoms. The molecule has 0 bridgehead atoms. The molecule has 4 rings (SSSR count). The highest BCUT2D eigenvalue weighted by Crippen LogP contribution is 2.43. The van der Waals surface area contributed by atoms with Gasteiger partial charge < -0.3 is 25.4 Å². The Balaban J connectivity index is 1.93. The standard InChI is InChI=1S/C21H23F2N5O4/c1-30-14-6-15(31-2)17(23)19(16(14)22)27-9-11-8-26-20(25)13(7-24)18(11)28(21(27)29)12-4-3-5-32-10-12/h6-8,12,24H,3-5,9-10H2,1-2H3,(H2,25,26)/t12-/m0/s1. The van der Waals surface area contributed by atoms with Crippen molar-refractivity contribution in [1.82, 2.24) is 4.98 Å². The fourth-order valence-electron chi connectivity index (χ4n) is 4.13. The minimum atomic E-state index is -1.03. The quantitative estimate of drug-likeness (QED) is 0.681. The van der Waals surface area contributed by atoms with E-state index in [0.29, 0.717) is 30.7 Å². The molecule has 0 radical (unpaired) electrons. The molecule has 3 N–H and O–H groups in total. The second-order valence-corrected chi connectivity index (χ2v) is 7.44. The molecule has 32 heavy (non-hydrogen) atoms. The number of rotatable bonds is 5. The zero-order valence-corrected chi connectivity index (χ0v) is 17.7. The maximum Gasteiger partial charge on any atom is 0.329 e. The van der Waals surface area contributed by atoms with Gasteiger partial charge in [-0.25, -0.2) is 18.6 Å². The summed E-state index contributed by atoms with van der Waals surface area (Å²) in [5, 5.41) is 7.80. The maximum atomic E-state index is 15.2. The summed E-state index contributed by atoms with van der Waals surface area (Å²) < 4.78 is 46.1. The summed E-state index contributed by atoms with van der Waals surface area (Å²) in [4.78, 5) is 20.2. The van der Waals surface area contributed by atoms with Crippen LogP contribution in [-0.2, 0) is 11.3 Å². The first-order chi connectivity index (χ1) is 15.4. The van der Waals surface area contributed by atoms with Crippen molar-refractivity contribution in [3.63, 3.8) is 0 Å². The molecule has 1 fully saturated rings. The number of carbonyl (C=O) groups is 1. The molecule has 1 aromatic heterocycles. The summed E-state index contributed by atoms with van der Waals surface area (Å²) in [7, 11) is 2.48. The van der Waals surface area contributed by atoms with E-state index in [1.807, 2.05) is 0 Å². The van der Waals surface area contributed by atoms with Crippen molar-refractivity contribution in [2.75, 3.05) is 43.0 Å². The van der Waals surface area contributed by atoms with Crippen LogP contribution in [0.2, 0.25) is 0 Å². The minimum absolute atomic E-state index is 0.0853. The van der Waals surface area contributed by atoms with Crippen LogP contribution in [0.15, 0.2) is 12.3 Å². The fourth-order valence-corrected chi connectivity index (χ4v) is 4.13. The van der Waals surface area contributed by atoms with Gasteiger partial charge in [-0.2, -0.15) is 0 Å². The summed E-state index contributed by atoms with van der Waals surface area (Å²) in [6, 6.07) is 0.00493. The molecule has 2 aliphatic rings. The number of benzene rings is 1. The monoisotopic (exact) mass is 447 g/mol. The van der Waals surface area contributed by atoms with E-state index >= 15 is 8.78 Å². The number of nitrogens with zero attached hydrogens (tertiary/aromatic N) is 3. The Morgan fingerprint density at radius 2 is 1.94 bits per heavy atom. The Hall–Kier alpha value is -3.47. The molecule has 1 atom stereocenters. The predicted molar refractivity (Wildman–Crippen MR) is 114 cm³/mol. The number of anilines is 3. The molecule has 1 aromatic carbocycles. The first kappa shape index (κ1) is 21.8. The Kier molecular flexibility index (Phi) is 5.83. The number of hydrogen-bond acceptors (Lipinski definition) is 7. The third-order valence-corrected chi connectivity index (χ3v) is 5.67. The van der Waals surface area contributed by atoms with Gasteiger partial charge in [0.05, 0.1) is 44.7 Å². The molecule has 2 amide bonds. The van der Waals surface area contributed by atoms with E-state index in [0.717, 1.165) is 17.2 Å². The number of nitrogens with two attached hydrogens (primary N) is 1. The summed E-state index contributed by atoms with van der Waals surface area (Å²) >= 11 is 0. The number of halogens is 2. The van der Waals surface area contributed by atoms with Gasteiger partial charge in [-0.15, -0.1) is 0 Å². The Morgan fingerprint density at radius 1 is 1.25 bits per heavy atom. The van der Waals surface area contributed by atoms with Crippen LogP contribution in [0, 0.1) is 17.0 Å². The molecule has 1 saturated heterocycles. The summed E-state index contributed by atoms with van der Waals surface area (Å²) in [6.45, 7) is 0.614. The normalized spacial score (nSPS) is 18.4. The van der Waals surface area contributed by atoms with Crippen LogP contribution in [0.4, 0.5) is 30.8 Å². The zero-order valence-electron chi connectivity index (χ0n) is 17.7. The molecule has 2 aromatic rings.